The fourth-order valence-corrected chi connectivity index (χ4v) is 4.04. The summed E-state index contributed by atoms with van der Waals surface area (Å²) in [4.78, 5) is 22.1. The number of nitrogens with zero attached hydrogens (tertiary/aromatic N) is 3. The van der Waals surface area contributed by atoms with Gasteiger partial charge in [0.2, 0.25) is 17.7 Å². The fraction of sp³-hybridized carbons (Fsp3) is 0.500. The van der Waals surface area contributed by atoms with Gasteiger partial charge in [-0.25, -0.2) is 22.8 Å². The molecule has 0 N–H and O–H groups in total. The van der Waals surface area contributed by atoms with E-state index in [1.165, 1.54) is 18.5 Å². The van der Waals surface area contributed by atoms with Crippen LogP contribution >= 0.6 is 0 Å². The molecular formula is C22H28FN3O5S. The maximum atomic E-state index is 14.4. The second-order valence-electron chi connectivity index (χ2n) is 7.88. The number of benzene rings is 1. The van der Waals surface area contributed by atoms with E-state index in [1.807, 2.05) is 4.90 Å². The highest BCUT2D eigenvalue weighted by Gasteiger charge is 2.25. The molecule has 2 aromatic rings. The lowest BCUT2D eigenvalue weighted by Gasteiger charge is -2.32. The van der Waals surface area contributed by atoms with Crippen molar-refractivity contribution in [2.24, 2.45) is 0 Å². The first-order valence-electron chi connectivity index (χ1n) is 10.6. The number of halogens is 1. The van der Waals surface area contributed by atoms with Crippen LogP contribution in [0.25, 0.3) is 0 Å². The lowest BCUT2D eigenvalue weighted by Crippen LogP contribution is -2.41. The molecule has 0 saturated carbocycles. The Morgan fingerprint density at radius 2 is 1.91 bits per heavy atom. The van der Waals surface area contributed by atoms with Gasteiger partial charge in [0.15, 0.2) is 21.4 Å². The zero-order chi connectivity index (χ0) is 23.3. The van der Waals surface area contributed by atoms with E-state index in [1.54, 1.807) is 6.92 Å². The molecule has 0 unspecified atom stereocenters. The number of aromatic nitrogens is 2. The third-order valence-corrected chi connectivity index (χ3v) is 6.46. The number of ether oxygens (including phenoxy) is 2. The van der Waals surface area contributed by atoms with Gasteiger partial charge in [0.1, 0.15) is 12.4 Å². The predicted octanol–water partition coefficient (Wildman–Crippen LogP) is 3.68. The van der Waals surface area contributed by atoms with Crippen LogP contribution in [-0.4, -0.2) is 54.6 Å². The van der Waals surface area contributed by atoms with Gasteiger partial charge < -0.3 is 14.4 Å². The Hall–Kier alpha value is -2.75. The van der Waals surface area contributed by atoms with Crippen LogP contribution in [0.3, 0.4) is 0 Å². The second-order valence-corrected chi connectivity index (χ2v) is 9.89. The molecule has 10 heteroatoms. The SMILES string of the molecule is CCCCC(=O)N1CCC(Oc2ncnc(Oc3ccc(S(C)(=O)=O)cc3F)c2C)CC1. The van der Waals surface area contributed by atoms with Crippen LogP contribution in [0.1, 0.15) is 44.6 Å². The minimum atomic E-state index is -3.53. The quantitative estimate of drug-likeness (QED) is 0.586. The van der Waals surface area contributed by atoms with Gasteiger partial charge in [0.25, 0.3) is 0 Å². The highest BCUT2D eigenvalue weighted by atomic mass is 32.2. The topological polar surface area (TPSA) is 98.7 Å². The second kappa shape index (κ2) is 10.2. The van der Waals surface area contributed by atoms with E-state index in [0.717, 1.165) is 25.2 Å². The molecule has 1 aromatic carbocycles. The van der Waals surface area contributed by atoms with Crippen molar-refractivity contribution in [2.45, 2.75) is 57.0 Å². The molecule has 3 rings (SSSR count). The van der Waals surface area contributed by atoms with Crippen molar-refractivity contribution in [3.63, 3.8) is 0 Å². The van der Waals surface area contributed by atoms with Crippen LogP contribution in [0.4, 0.5) is 4.39 Å². The number of unbranched alkanes of at least 4 members (excludes halogenated alkanes) is 1. The normalized spacial score (nSPS) is 14.9. The zero-order valence-electron chi connectivity index (χ0n) is 18.5. The van der Waals surface area contributed by atoms with Gasteiger partial charge in [-0.2, -0.15) is 0 Å². The smallest absolute Gasteiger partial charge is 0.229 e. The van der Waals surface area contributed by atoms with E-state index >= 15 is 0 Å². The van der Waals surface area contributed by atoms with Gasteiger partial charge in [0.05, 0.1) is 10.5 Å². The Labute approximate surface area is 187 Å². The Kier molecular flexibility index (Phi) is 7.65. The number of sulfone groups is 1. The summed E-state index contributed by atoms with van der Waals surface area (Å²) in [5.74, 6) is -0.326. The van der Waals surface area contributed by atoms with E-state index < -0.39 is 15.7 Å². The number of amides is 1. The molecule has 0 atom stereocenters. The summed E-state index contributed by atoms with van der Waals surface area (Å²) in [5.41, 5.74) is 0.501. The summed E-state index contributed by atoms with van der Waals surface area (Å²) in [6, 6.07) is 3.44. The van der Waals surface area contributed by atoms with Crippen molar-refractivity contribution in [2.75, 3.05) is 19.3 Å². The number of piperidine rings is 1. The van der Waals surface area contributed by atoms with Gasteiger partial charge in [0, 0.05) is 38.6 Å². The van der Waals surface area contributed by atoms with Crippen LogP contribution in [0, 0.1) is 12.7 Å². The van der Waals surface area contributed by atoms with Crippen LogP contribution in [0.5, 0.6) is 17.5 Å². The Bertz CT molecular complexity index is 1070. The summed E-state index contributed by atoms with van der Waals surface area (Å²) in [7, 11) is -3.53. The summed E-state index contributed by atoms with van der Waals surface area (Å²) >= 11 is 0. The number of carbonyl (C=O) groups excluding carboxylic acids is 1. The van der Waals surface area contributed by atoms with Crippen LogP contribution < -0.4 is 9.47 Å². The molecule has 1 aliphatic heterocycles. The first kappa shape index (κ1) is 23.9. The fourth-order valence-electron chi connectivity index (χ4n) is 3.41. The Balaban J connectivity index is 1.65. The minimum absolute atomic E-state index is 0.0996. The highest BCUT2D eigenvalue weighted by Crippen LogP contribution is 2.31. The number of hydrogen-bond donors (Lipinski definition) is 0. The molecule has 1 aliphatic rings. The van der Waals surface area contributed by atoms with Crippen molar-refractivity contribution in [3.8, 4) is 17.5 Å². The van der Waals surface area contributed by atoms with Crippen LogP contribution in [-0.2, 0) is 14.6 Å². The molecule has 0 bridgehead atoms. The van der Waals surface area contributed by atoms with Crippen molar-refractivity contribution < 1.29 is 27.1 Å². The third-order valence-electron chi connectivity index (χ3n) is 5.35. The average Bonchev–Trinajstić information content (AvgIpc) is 2.76. The molecule has 8 nitrogen and oxygen atoms in total. The highest BCUT2D eigenvalue weighted by molar-refractivity contribution is 7.90. The predicted molar refractivity (Wildman–Crippen MR) is 116 cm³/mol. The molecule has 0 radical (unpaired) electrons. The van der Waals surface area contributed by atoms with Crippen molar-refractivity contribution in [1.29, 1.82) is 0 Å². The number of carbonyl (C=O) groups is 1. The lowest BCUT2D eigenvalue weighted by atomic mass is 10.1. The number of hydrogen-bond acceptors (Lipinski definition) is 7. The zero-order valence-corrected chi connectivity index (χ0v) is 19.3. The van der Waals surface area contributed by atoms with Crippen molar-refractivity contribution in [1.82, 2.24) is 14.9 Å². The molecule has 174 valence electrons. The van der Waals surface area contributed by atoms with Crippen molar-refractivity contribution in [3.05, 3.63) is 35.9 Å². The summed E-state index contributed by atoms with van der Waals surface area (Å²) < 4.78 is 49.1. The van der Waals surface area contributed by atoms with E-state index in [4.69, 9.17) is 9.47 Å². The number of likely N-dealkylation sites (tertiary alicyclic amines) is 1. The maximum Gasteiger partial charge on any atom is 0.229 e. The van der Waals surface area contributed by atoms with Gasteiger partial charge in [-0.05, 0) is 31.5 Å². The molecule has 32 heavy (non-hydrogen) atoms. The third kappa shape index (κ3) is 5.93. The standard InChI is InChI=1S/C22H28FN3O5S/c1-4-5-6-20(27)26-11-9-16(10-12-26)30-21-15(2)22(25-14-24-21)31-19-8-7-17(13-18(19)23)32(3,28)29/h7-8,13-14,16H,4-6,9-12H2,1-3H3. The van der Waals surface area contributed by atoms with Gasteiger partial charge in [-0.15, -0.1) is 0 Å². The molecule has 1 amide bonds. The minimum Gasteiger partial charge on any atom is -0.474 e. The molecule has 0 spiro atoms. The summed E-state index contributed by atoms with van der Waals surface area (Å²) in [5, 5.41) is 0. The van der Waals surface area contributed by atoms with Crippen molar-refractivity contribution >= 4 is 15.7 Å². The molecule has 2 heterocycles. The largest absolute Gasteiger partial charge is 0.474 e. The first-order chi connectivity index (χ1) is 15.2. The monoisotopic (exact) mass is 465 g/mol. The molecular weight excluding hydrogens is 437 g/mol. The van der Waals surface area contributed by atoms with Gasteiger partial charge >= 0.3 is 0 Å². The molecule has 1 fully saturated rings. The first-order valence-corrected chi connectivity index (χ1v) is 12.5. The summed E-state index contributed by atoms with van der Waals surface area (Å²) in [6.45, 7) is 5.04. The maximum absolute atomic E-state index is 14.4. The van der Waals surface area contributed by atoms with Crippen LogP contribution in [0.2, 0.25) is 0 Å². The average molecular weight is 466 g/mol. The van der Waals surface area contributed by atoms with Crippen LogP contribution in [0.15, 0.2) is 29.4 Å². The lowest BCUT2D eigenvalue weighted by molar-refractivity contribution is -0.133. The van der Waals surface area contributed by atoms with E-state index in [0.29, 0.717) is 43.8 Å². The van der Waals surface area contributed by atoms with Gasteiger partial charge in [-0.3, -0.25) is 4.79 Å². The summed E-state index contributed by atoms with van der Waals surface area (Å²) in [6.07, 6.45) is 6.03. The van der Waals surface area contributed by atoms with E-state index in [-0.39, 0.29) is 28.5 Å². The van der Waals surface area contributed by atoms with Gasteiger partial charge in [-0.1, -0.05) is 13.3 Å². The number of rotatable bonds is 8. The molecule has 1 saturated heterocycles. The van der Waals surface area contributed by atoms with E-state index in [2.05, 4.69) is 16.9 Å². The molecule has 1 aromatic heterocycles. The Morgan fingerprint density at radius 3 is 2.53 bits per heavy atom. The Morgan fingerprint density at radius 1 is 1.22 bits per heavy atom. The molecule has 0 aliphatic carbocycles. The van der Waals surface area contributed by atoms with E-state index in [9.17, 15) is 17.6 Å².